The first-order valence-corrected chi connectivity index (χ1v) is 9.05. The van der Waals surface area contributed by atoms with Crippen LogP contribution in [0.2, 0.25) is 5.02 Å². The van der Waals surface area contributed by atoms with E-state index in [0.29, 0.717) is 46.8 Å². The number of methoxy groups -OCH3 is 1. The highest BCUT2D eigenvalue weighted by Crippen LogP contribution is 2.30. The maximum absolute atomic E-state index is 12.7. The zero-order valence-corrected chi connectivity index (χ0v) is 16.0. The fourth-order valence-corrected chi connectivity index (χ4v) is 3.15. The summed E-state index contributed by atoms with van der Waals surface area (Å²) in [6.07, 6.45) is 3.17. The van der Waals surface area contributed by atoms with E-state index < -0.39 is 6.23 Å². The summed E-state index contributed by atoms with van der Waals surface area (Å²) in [5.74, 6) is 1.09. The second-order valence-electron chi connectivity index (χ2n) is 6.16. The molecular weight excluding hydrogens is 370 g/mol. The molecule has 1 aromatic carbocycles. The molecule has 1 amide bonds. The Morgan fingerprint density at radius 3 is 2.93 bits per heavy atom. The molecule has 8 nitrogen and oxygen atoms in total. The molecule has 1 atom stereocenters. The quantitative estimate of drug-likeness (QED) is 0.720. The number of aliphatic hydroxyl groups excluding tert-OH is 1. The van der Waals surface area contributed by atoms with Crippen molar-refractivity contribution in [2.45, 2.75) is 25.5 Å². The van der Waals surface area contributed by atoms with Crippen LogP contribution in [0.1, 0.15) is 29.6 Å². The molecule has 2 aromatic rings. The van der Waals surface area contributed by atoms with Gasteiger partial charge in [-0.1, -0.05) is 11.6 Å². The van der Waals surface area contributed by atoms with Crippen molar-refractivity contribution >= 4 is 35.0 Å². The van der Waals surface area contributed by atoms with Crippen molar-refractivity contribution in [3.63, 3.8) is 0 Å². The number of piperidine rings is 1. The number of hydrogen-bond acceptors (Lipinski definition) is 7. The smallest absolute Gasteiger partial charge is 0.256 e. The molecule has 0 radical (unpaired) electrons. The van der Waals surface area contributed by atoms with Crippen molar-refractivity contribution in [3.8, 4) is 5.75 Å². The lowest BCUT2D eigenvalue weighted by atomic mass is 10.1. The van der Waals surface area contributed by atoms with Crippen LogP contribution in [0.3, 0.4) is 0 Å². The van der Waals surface area contributed by atoms with Crippen LogP contribution in [-0.2, 0) is 0 Å². The summed E-state index contributed by atoms with van der Waals surface area (Å²) in [7, 11) is 3.24. The lowest BCUT2D eigenvalue weighted by Gasteiger charge is -2.32. The van der Waals surface area contributed by atoms with Gasteiger partial charge >= 0.3 is 0 Å². The number of hydrogen-bond donors (Lipinski definition) is 3. The van der Waals surface area contributed by atoms with E-state index in [0.717, 1.165) is 12.8 Å². The van der Waals surface area contributed by atoms with E-state index in [-0.39, 0.29) is 5.91 Å². The molecule has 1 aliphatic heterocycles. The third kappa shape index (κ3) is 4.23. The Labute approximate surface area is 162 Å². The number of aliphatic hydroxyl groups is 1. The van der Waals surface area contributed by atoms with Crippen molar-refractivity contribution in [1.29, 1.82) is 0 Å². The number of benzene rings is 1. The maximum atomic E-state index is 12.7. The second-order valence-corrected chi connectivity index (χ2v) is 6.56. The van der Waals surface area contributed by atoms with E-state index in [9.17, 15) is 9.90 Å². The van der Waals surface area contributed by atoms with Gasteiger partial charge in [-0.2, -0.15) is 4.98 Å². The summed E-state index contributed by atoms with van der Waals surface area (Å²) in [5.41, 5.74) is 1.06. The van der Waals surface area contributed by atoms with Gasteiger partial charge in [0.1, 0.15) is 22.8 Å². The molecule has 1 unspecified atom stereocenters. The van der Waals surface area contributed by atoms with Crippen LogP contribution in [0.4, 0.5) is 17.5 Å². The molecule has 144 valence electrons. The van der Waals surface area contributed by atoms with Gasteiger partial charge in [-0.15, -0.1) is 0 Å². The van der Waals surface area contributed by atoms with Gasteiger partial charge < -0.3 is 25.4 Å². The highest BCUT2D eigenvalue weighted by Gasteiger charge is 2.26. The third-order valence-electron chi connectivity index (χ3n) is 4.41. The predicted molar refractivity (Wildman–Crippen MR) is 104 cm³/mol. The number of aromatic nitrogens is 2. The Bertz CT molecular complexity index is 833. The number of carbonyl (C=O) groups excluding carboxylic acids is 1. The Kier molecular flexibility index (Phi) is 5.98. The Balaban J connectivity index is 1.83. The molecule has 1 aliphatic rings. The van der Waals surface area contributed by atoms with Crippen LogP contribution in [0.15, 0.2) is 24.4 Å². The number of anilines is 3. The van der Waals surface area contributed by atoms with Gasteiger partial charge in [-0.05, 0) is 37.5 Å². The Morgan fingerprint density at radius 1 is 1.41 bits per heavy atom. The fourth-order valence-electron chi connectivity index (χ4n) is 2.97. The molecule has 1 fully saturated rings. The van der Waals surface area contributed by atoms with Crippen LogP contribution in [0, 0.1) is 0 Å². The lowest BCUT2D eigenvalue weighted by Crippen LogP contribution is -2.43. The monoisotopic (exact) mass is 391 g/mol. The second kappa shape index (κ2) is 8.41. The number of ether oxygens (including phenoxy) is 1. The first-order valence-electron chi connectivity index (χ1n) is 8.68. The molecule has 3 rings (SSSR count). The molecule has 3 N–H and O–H groups in total. The molecule has 0 aliphatic carbocycles. The molecule has 1 aromatic heterocycles. The van der Waals surface area contributed by atoms with Gasteiger partial charge in [0.25, 0.3) is 5.91 Å². The molecule has 0 spiro atoms. The van der Waals surface area contributed by atoms with E-state index in [2.05, 4.69) is 20.6 Å². The minimum absolute atomic E-state index is 0.215. The van der Waals surface area contributed by atoms with Crippen molar-refractivity contribution in [1.82, 2.24) is 14.9 Å². The minimum atomic E-state index is -0.738. The van der Waals surface area contributed by atoms with Crippen LogP contribution < -0.4 is 15.4 Å². The zero-order valence-electron chi connectivity index (χ0n) is 15.2. The first-order chi connectivity index (χ1) is 13.0. The molecule has 1 saturated heterocycles. The van der Waals surface area contributed by atoms with Crippen LogP contribution in [0.25, 0.3) is 0 Å². The van der Waals surface area contributed by atoms with Crippen molar-refractivity contribution < 1.29 is 14.6 Å². The van der Waals surface area contributed by atoms with Crippen LogP contribution >= 0.6 is 11.6 Å². The highest BCUT2D eigenvalue weighted by atomic mass is 35.5. The number of nitrogens with one attached hydrogen (secondary N) is 2. The van der Waals surface area contributed by atoms with E-state index in [1.165, 1.54) is 18.2 Å². The standard InChI is InChI=1S/C18H22ClN5O3/c1-20-16-12(19)10-21-18(23-16)22-13-7-6-11(9-14(13)27-2)17(26)24-8-4-3-5-15(24)25/h6-7,9-10,15,25H,3-5,8H2,1-2H3,(H2,20,21,22,23). The van der Waals surface area contributed by atoms with E-state index in [4.69, 9.17) is 16.3 Å². The summed E-state index contributed by atoms with van der Waals surface area (Å²) in [5, 5.41) is 16.4. The number of rotatable bonds is 5. The van der Waals surface area contributed by atoms with Crippen molar-refractivity contribution in [3.05, 3.63) is 35.0 Å². The Morgan fingerprint density at radius 2 is 2.22 bits per heavy atom. The first kappa shape index (κ1) is 19.2. The van der Waals surface area contributed by atoms with Gasteiger partial charge in [-0.3, -0.25) is 4.79 Å². The third-order valence-corrected chi connectivity index (χ3v) is 4.68. The summed E-state index contributed by atoms with van der Waals surface area (Å²) >= 11 is 6.00. The summed E-state index contributed by atoms with van der Waals surface area (Å²) in [6.45, 7) is 0.549. The summed E-state index contributed by atoms with van der Waals surface area (Å²) in [6, 6.07) is 5.05. The minimum Gasteiger partial charge on any atom is -0.495 e. The Hall–Kier alpha value is -2.58. The fraction of sp³-hybridized carbons (Fsp3) is 0.389. The van der Waals surface area contributed by atoms with Crippen molar-refractivity contribution in [2.24, 2.45) is 0 Å². The van der Waals surface area contributed by atoms with Gasteiger partial charge in [0, 0.05) is 19.2 Å². The van der Waals surface area contributed by atoms with Crippen LogP contribution in [0.5, 0.6) is 5.75 Å². The van der Waals surface area contributed by atoms with E-state index in [1.807, 2.05) is 0 Å². The number of amides is 1. The number of halogens is 1. The van der Waals surface area contributed by atoms with Gasteiger partial charge in [0.05, 0.1) is 19.0 Å². The predicted octanol–water partition coefficient (Wildman–Crippen LogP) is 2.87. The maximum Gasteiger partial charge on any atom is 0.256 e. The normalized spacial score (nSPS) is 16.7. The molecule has 9 heteroatoms. The molecular formula is C18H22ClN5O3. The lowest BCUT2D eigenvalue weighted by molar-refractivity contribution is -0.0120. The van der Waals surface area contributed by atoms with E-state index in [1.54, 1.807) is 25.2 Å². The molecule has 2 heterocycles. The summed E-state index contributed by atoms with van der Waals surface area (Å²) in [4.78, 5) is 22.6. The van der Waals surface area contributed by atoms with Crippen LogP contribution in [-0.4, -0.2) is 52.8 Å². The summed E-state index contributed by atoms with van der Waals surface area (Å²) < 4.78 is 5.41. The average Bonchev–Trinajstić information content (AvgIpc) is 2.69. The van der Waals surface area contributed by atoms with Gasteiger partial charge in [0.2, 0.25) is 5.95 Å². The SMILES string of the molecule is CNc1nc(Nc2ccc(C(=O)N3CCCCC3O)cc2OC)ncc1Cl. The topological polar surface area (TPSA) is 99.6 Å². The van der Waals surface area contributed by atoms with Crippen molar-refractivity contribution in [2.75, 3.05) is 31.3 Å². The number of carbonyl (C=O) groups is 1. The number of likely N-dealkylation sites (tertiary alicyclic amines) is 1. The van der Waals surface area contributed by atoms with Gasteiger partial charge in [-0.25, -0.2) is 4.98 Å². The van der Waals surface area contributed by atoms with Gasteiger partial charge in [0.15, 0.2) is 0 Å². The largest absolute Gasteiger partial charge is 0.495 e. The zero-order chi connectivity index (χ0) is 19.4. The molecule has 0 saturated carbocycles. The number of nitrogens with zero attached hydrogens (tertiary/aromatic N) is 3. The average molecular weight is 392 g/mol. The molecule has 27 heavy (non-hydrogen) atoms. The highest BCUT2D eigenvalue weighted by molar-refractivity contribution is 6.32. The molecule has 0 bridgehead atoms. The van der Waals surface area contributed by atoms with E-state index >= 15 is 0 Å².